The summed E-state index contributed by atoms with van der Waals surface area (Å²) in [6, 6.07) is 5.90. The molecule has 6 heteroatoms. The van der Waals surface area contributed by atoms with E-state index in [0.29, 0.717) is 24.7 Å². The Bertz CT molecular complexity index is 666. The summed E-state index contributed by atoms with van der Waals surface area (Å²) in [5, 5.41) is 7.39. The fraction of sp³-hybridized carbons (Fsp3) is 0.438. The Labute approximate surface area is 128 Å². The highest BCUT2D eigenvalue weighted by Gasteiger charge is 2.31. The number of nitrogens with zero attached hydrogens (tertiary/aromatic N) is 3. The Hall–Kier alpha value is -2.21. The molecule has 0 spiro atoms. The van der Waals surface area contributed by atoms with Gasteiger partial charge in [-0.15, -0.1) is 0 Å². The molecule has 0 aromatic carbocycles. The van der Waals surface area contributed by atoms with Gasteiger partial charge in [0.2, 0.25) is 0 Å². The van der Waals surface area contributed by atoms with Crippen LogP contribution in [-0.4, -0.2) is 40.6 Å². The van der Waals surface area contributed by atoms with Crippen LogP contribution in [0.4, 0.5) is 0 Å². The highest BCUT2D eigenvalue weighted by atomic mass is 16.5. The molecular weight excluding hydrogens is 280 g/mol. The van der Waals surface area contributed by atoms with Crippen LogP contribution in [0.5, 0.6) is 0 Å². The molecule has 0 bridgehead atoms. The number of amides is 1. The van der Waals surface area contributed by atoms with Crippen molar-refractivity contribution in [1.82, 2.24) is 20.4 Å². The minimum Gasteiger partial charge on any atom is -0.360 e. The van der Waals surface area contributed by atoms with Crippen molar-refractivity contribution >= 4 is 5.91 Å². The van der Waals surface area contributed by atoms with Gasteiger partial charge in [-0.3, -0.25) is 9.78 Å². The Morgan fingerprint density at radius 1 is 1.32 bits per heavy atom. The molecule has 1 aliphatic heterocycles. The maximum absolute atomic E-state index is 12.6. The van der Waals surface area contributed by atoms with Gasteiger partial charge in [-0.25, -0.2) is 0 Å². The Kier molecular flexibility index (Phi) is 3.38. The molecule has 1 saturated heterocycles. The fourth-order valence-corrected chi connectivity index (χ4v) is 2.87. The van der Waals surface area contributed by atoms with Crippen molar-refractivity contribution in [2.24, 2.45) is 0 Å². The summed E-state index contributed by atoms with van der Waals surface area (Å²) >= 11 is 0. The predicted octanol–water partition coefficient (Wildman–Crippen LogP) is 1.73. The third kappa shape index (κ3) is 2.62. The van der Waals surface area contributed by atoms with Crippen molar-refractivity contribution in [2.75, 3.05) is 19.6 Å². The second-order valence-corrected chi connectivity index (χ2v) is 5.93. The predicted molar refractivity (Wildman–Crippen MR) is 79.4 cm³/mol. The maximum atomic E-state index is 12.6. The molecule has 2 aliphatic rings. The van der Waals surface area contributed by atoms with Crippen LogP contribution in [-0.2, 0) is 0 Å². The average molecular weight is 298 g/mol. The first-order chi connectivity index (χ1) is 10.8. The Morgan fingerprint density at radius 3 is 2.91 bits per heavy atom. The summed E-state index contributed by atoms with van der Waals surface area (Å²) in [4.78, 5) is 18.5. The first kappa shape index (κ1) is 13.5. The average Bonchev–Trinajstić information content (AvgIpc) is 3.32. The molecule has 2 aromatic heterocycles. The summed E-state index contributed by atoms with van der Waals surface area (Å²) in [7, 11) is 0. The van der Waals surface area contributed by atoms with Gasteiger partial charge < -0.3 is 14.7 Å². The van der Waals surface area contributed by atoms with E-state index in [1.807, 2.05) is 23.1 Å². The van der Waals surface area contributed by atoms with Gasteiger partial charge in [-0.1, -0.05) is 5.16 Å². The van der Waals surface area contributed by atoms with Crippen molar-refractivity contribution in [2.45, 2.75) is 24.8 Å². The first-order valence-corrected chi connectivity index (χ1v) is 7.70. The quantitative estimate of drug-likeness (QED) is 0.934. The summed E-state index contributed by atoms with van der Waals surface area (Å²) in [6.45, 7) is 2.09. The van der Waals surface area contributed by atoms with Crippen LogP contribution in [0, 0.1) is 0 Å². The zero-order valence-electron chi connectivity index (χ0n) is 12.2. The number of hydrogen-bond acceptors (Lipinski definition) is 5. The van der Waals surface area contributed by atoms with Crippen LogP contribution in [0.15, 0.2) is 35.1 Å². The lowest BCUT2D eigenvalue weighted by molar-refractivity contribution is 0.0692. The van der Waals surface area contributed by atoms with Gasteiger partial charge in [0.25, 0.3) is 5.91 Å². The zero-order chi connectivity index (χ0) is 14.9. The lowest BCUT2D eigenvalue weighted by atomic mass is 10.1. The van der Waals surface area contributed by atoms with Gasteiger partial charge in [-0.2, -0.15) is 0 Å². The number of piperazine rings is 1. The van der Waals surface area contributed by atoms with E-state index < -0.39 is 0 Å². The third-order valence-electron chi connectivity index (χ3n) is 4.30. The molecule has 6 nitrogen and oxygen atoms in total. The molecule has 1 unspecified atom stereocenters. The minimum absolute atomic E-state index is 0.0452. The van der Waals surface area contributed by atoms with E-state index in [0.717, 1.165) is 30.7 Å². The van der Waals surface area contributed by atoms with Crippen molar-refractivity contribution in [3.05, 3.63) is 47.6 Å². The lowest BCUT2D eigenvalue weighted by Crippen LogP contribution is -2.48. The number of aromatic nitrogens is 2. The van der Waals surface area contributed by atoms with Crippen LogP contribution in [0.2, 0.25) is 0 Å². The van der Waals surface area contributed by atoms with Crippen molar-refractivity contribution in [1.29, 1.82) is 0 Å². The molecule has 3 heterocycles. The number of carbonyl (C=O) groups excluding carboxylic acids is 1. The first-order valence-electron chi connectivity index (χ1n) is 7.70. The van der Waals surface area contributed by atoms with E-state index in [1.165, 1.54) is 0 Å². The molecule has 22 heavy (non-hydrogen) atoms. The SMILES string of the molecule is O=C(c1cc(C2CC2)on1)N1CCNC(c2ccncc2)C1. The van der Waals surface area contributed by atoms with Gasteiger partial charge in [0.05, 0.1) is 6.04 Å². The second-order valence-electron chi connectivity index (χ2n) is 5.93. The topological polar surface area (TPSA) is 71.3 Å². The van der Waals surface area contributed by atoms with Crippen LogP contribution < -0.4 is 5.32 Å². The van der Waals surface area contributed by atoms with E-state index in [2.05, 4.69) is 15.5 Å². The number of hydrogen-bond donors (Lipinski definition) is 1. The molecule has 1 saturated carbocycles. The van der Waals surface area contributed by atoms with Gasteiger partial charge in [-0.05, 0) is 30.5 Å². The standard InChI is InChI=1S/C16H18N4O2/c21-16(13-9-15(22-19-13)12-1-2-12)20-8-7-18-14(10-20)11-3-5-17-6-4-11/h3-6,9,12,14,18H,1-2,7-8,10H2. The zero-order valence-corrected chi connectivity index (χ0v) is 12.2. The molecule has 1 atom stereocenters. The van der Waals surface area contributed by atoms with Crippen LogP contribution in [0.25, 0.3) is 0 Å². The largest absolute Gasteiger partial charge is 0.360 e. The molecule has 0 radical (unpaired) electrons. The Morgan fingerprint density at radius 2 is 2.14 bits per heavy atom. The summed E-state index contributed by atoms with van der Waals surface area (Å²) in [5.41, 5.74) is 1.57. The van der Waals surface area contributed by atoms with E-state index >= 15 is 0 Å². The smallest absolute Gasteiger partial charge is 0.276 e. The summed E-state index contributed by atoms with van der Waals surface area (Å²) in [5.74, 6) is 1.28. The number of pyridine rings is 1. The number of carbonyl (C=O) groups is 1. The van der Waals surface area contributed by atoms with E-state index in [4.69, 9.17) is 4.52 Å². The third-order valence-corrected chi connectivity index (χ3v) is 4.30. The van der Waals surface area contributed by atoms with Crippen molar-refractivity contribution < 1.29 is 9.32 Å². The molecule has 1 aliphatic carbocycles. The fourth-order valence-electron chi connectivity index (χ4n) is 2.87. The molecule has 114 valence electrons. The molecule has 2 fully saturated rings. The van der Waals surface area contributed by atoms with E-state index in [-0.39, 0.29) is 11.9 Å². The highest BCUT2D eigenvalue weighted by Crippen LogP contribution is 2.40. The molecule has 1 N–H and O–H groups in total. The summed E-state index contributed by atoms with van der Waals surface area (Å²) < 4.78 is 5.29. The van der Waals surface area contributed by atoms with Crippen LogP contribution >= 0.6 is 0 Å². The number of nitrogens with one attached hydrogen (secondary N) is 1. The number of rotatable bonds is 3. The summed E-state index contributed by atoms with van der Waals surface area (Å²) in [6.07, 6.45) is 5.83. The molecule has 2 aromatic rings. The Balaban J connectivity index is 1.48. The lowest BCUT2D eigenvalue weighted by Gasteiger charge is -2.33. The van der Waals surface area contributed by atoms with Gasteiger partial charge in [0.15, 0.2) is 5.69 Å². The van der Waals surface area contributed by atoms with Crippen LogP contribution in [0.3, 0.4) is 0 Å². The van der Waals surface area contributed by atoms with Crippen LogP contribution in [0.1, 0.15) is 46.6 Å². The van der Waals surface area contributed by atoms with Gasteiger partial charge in [0.1, 0.15) is 5.76 Å². The van der Waals surface area contributed by atoms with Crippen molar-refractivity contribution in [3.8, 4) is 0 Å². The molecule has 4 rings (SSSR count). The van der Waals surface area contributed by atoms with Gasteiger partial charge in [0, 0.05) is 44.0 Å². The molecular formula is C16H18N4O2. The maximum Gasteiger partial charge on any atom is 0.276 e. The van der Waals surface area contributed by atoms with E-state index in [1.54, 1.807) is 12.4 Å². The van der Waals surface area contributed by atoms with E-state index in [9.17, 15) is 4.79 Å². The minimum atomic E-state index is -0.0452. The molecule has 1 amide bonds. The second kappa shape index (κ2) is 5.53. The normalized spacial score (nSPS) is 21.8. The monoisotopic (exact) mass is 298 g/mol. The highest BCUT2D eigenvalue weighted by molar-refractivity contribution is 5.92. The van der Waals surface area contributed by atoms with Crippen molar-refractivity contribution in [3.63, 3.8) is 0 Å². The van der Waals surface area contributed by atoms with Gasteiger partial charge >= 0.3 is 0 Å².